The van der Waals surface area contributed by atoms with Gasteiger partial charge in [0.15, 0.2) is 0 Å². The van der Waals surface area contributed by atoms with Gasteiger partial charge in [-0.3, -0.25) is 14.5 Å². The van der Waals surface area contributed by atoms with Crippen molar-refractivity contribution < 1.29 is 19.4 Å². The molecule has 0 bridgehead atoms. The lowest BCUT2D eigenvalue weighted by molar-refractivity contribution is -0.132. The molecule has 3 saturated heterocycles. The highest BCUT2D eigenvalue weighted by atomic mass is 16.5. The van der Waals surface area contributed by atoms with Crippen LogP contribution in [0.4, 0.5) is 0 Å². The van der Waals surface area contributed by atoms with Gasteiger partial charge >= 0.3 is 0 Å². The monoisotopic (exact) mass is 496 g/mol. The summed E-state index contributed by atoms with van der Waals surface area (Å²) in [6.07, 6.45) is 9.08. The second-order valence-corrected chi connectivity index (χ2v) is 11.6. The number of rotatable bonds is 5. The van der Waals surface area contributed by atoms with Crippen molar-refractivity contribution in [3.63, 3.8) is 0 Å². The molecule has 5 aliphatic rings. The van der Waals surface area contributed by atoms with Gasteiger partial charge in [0.05, 0.1) is 0 Å². The van der Waals surface area contributed by atoms with Gasteiger partial charge in [0, 0.05) is 37.3 Å². The van der Waals surface area contributed by atoms with E-state index in [-0.39, 0.29) is 17.9 Å². The number of amides is 2. The van der Waals surface area contributed by atoms with Crippen LogP contribution in [-0.2, 0) is 11.3 Å². The van der Waals surface area contributed by atoms with E-state index in [0.717, 1.165) is 29.7 Å². The Hall–Kier alpha value is -2.16. The second-order valence-electron chi connectivity index (χ2n) is 11.6. The van der Waals surface area contributed by atoms with E-state index < -0.39 is 12.3 Å². The maximum atomic E-state index is 13.0. The molecule has 1 aromatic carbocycles. The second kappa shape index (κ2) is 9.95. The Balaban J connectivity index is 1.10. The van der Waals surface area contributed by atoms with Crippen LogP contribution in [0.1, 0.15) is 73.7 Å². The molecular formula is C28H40N4O4. The number of likely N-dealkylation sites (tertiary alicyclic amines) is 2. The van der Waals surface area contributed by atoms with Crippen molar-refractivity contribution in [2.75, 3.05) is 26.7 Å². The van der Waals surface area contributed by atoms with Gasteiger partial charge in [-0.05, 0) is 88.2 Å². The fraction of sp³-hybridized carbons (Fsp3) is 0.714. The number of aliphatic hydroxyl groups excluding tert-OH is 1. The van der Waals surface area contributed by atoms with Crippen LogP contribution in [0.2, 0.25) is 0 Å². The highest BCUT2D eigenvalue weighted by Crippen LogP contribution is 2.36. The normalized spacial score (nSPS) is 34.3. The molecule has 1 saturated carbocycles. The standard InChI is InChI=1S/C28H40N4O4/c1-30-13-5-4-6-22(30)19-15-31(16-19)23-7-2-3-8-25(23)36-20-9-10-21-18(14-20)17-32(28(21)35)24-11-12-26(33)29-27(24)34/h9-10,14,19,22-26,33H,2-8,11-13,15-17H2,1H3,(H,29,34)/t22?,23-,24?,25-,26?/m0/s1. The Morgan fingerprint density at radius 1 is 0.972 bits per heavy atom. The van der Waals surface area contributed by atoms with E-state index in [4.69, 9.17) is 4.74 Å². The molecule has 1 aliphatic carbocycles. The van der Waals surface area contributed by atoms with E-state index in [2.05, 4.69) is 22.2 Å². The molecule has 8 heteroatoms. The van der Waals surface area contributed by atoms with Crippen LogP contribution in [0.3, 0.4) is 0 Å². The predicted molar refractivity (Wildman–Crippen MR) is 135 cm³/mol. The lowest BCUT2D eigenvalue weighted by Crippen LogP contribution is -2.62. The van der Waals surface area contributed by atoms with Gasteiger partial charge in [0.25, 0.3) is 5.91 Å². The van der Waals surface area contributed by atoms with Crippen molar-refractivity contribution in [1.82, 2.24) is 20.0 Å². The quantitative estimate of drug-likeness (QED) is 0.651. The fourth-order valence-corrected chi connectivity index (χ4v) is 7.29. The topological polar surface area (TPSA) is 85.3 Å². The first-order chi connectivity index (χ1) is 17.5. The largest absolute Gasteiger partial charge is 0.489 e. The molecule has 0 aromatic heterocycles. The first kappa shape index (κ1) is 24.2. The summed E-state index contributed by atoms with van der Waals surface area (Å²) in [6, 6.07) is 6.47. The zero-order chi connectivity index (χ0) is 24.8. The first-order valence-electron chi connectivity index (χ1n) is 14.0. The van der Waals surface area contributed by atoms with Crippen LogP contribution < -0.4 is 10.1 Å². The number of ether oxygens (including phenoxy) is 1. The molecule has 5 atom stereocenters. The van der Waals surface area contributed by atoms with E-state index in [1.165, 1.54) is 58.2 Å². The Labute approximate surface area is 213 Å². The van der Waals surface area contributed by atoms with Crippen molar-refractivity contribution in [1.29, 1.82) is 0 Å². The molecule has 3 unspecified atom stereocenters. The molecule has 4 heterocycles. The minimum Gasteiger partial charge on any atom is -0.489 e. The SMILES string of the molecule is CN1CCCCC1C1CN([C@H]2CCCC[C@@H]2Oc2ccc3c(c2)CN(C2CCC(O)NC2=O)C3=O)C1. The third-order valence-corrected chi connectivity index (χ3v) is 9.34. The zero-order valence-corrected chi connectivity index (χ0v) is 21.4. The van der Waals surface area contributed by atoms with Crippen molar-refractivity contribution in [3.8, 4) is 5.75 Å². The molecule has 2 N–H and O–H groups in total. The first-order valence-corrected chi connectivity index (χ1v) is 14.0. The number of aliphatic hydroxyl groups is 1. The molecule has 4 aliphatic heterocycles. The van der Waals surface area contributed by atoms with E-state index in [9.17, 15) is 14.7 Å². The minimum atomic E-state index is -0.817. The number of hydrogen-bond acceptors (Lipinski definition) is 6. The summed E-state index contributed by atoms with van der Waals surface area (Å²) in [4.78, 5) is 32.3. The number of benzene rings is 1. The maximum absolute atomic E-state index is 13.0. The molecule has 196 valence electrons. The summed E-state index contributed by atoms with van der Waals surface area (Å²) >= 11 is 0. The molecular weight excluding hydrogens is 456 g/mol. The molecule has 6 rings (SSSR count). The lowest BCUT2D eigenvalue weighted by Gasteiger charge is -2.52. The summed E-state index contributed by atoms with van der Waals surface area (Å²) < 4.78 is 6.61. The average Bonchev–Trinajstić information content (AvgIpc) is 3.16. The molecule has 4 fully saturated rings. The fourth-order valence-electron chi connectivity index (χ4n) is 7.29. The Morgan fingerprint density at radius 2 is 1.75 bits per heavy atom. The molecule has 2 amide bonds. The predicted octanol–water partition coefficient (Wildman–Crippen LogP) is 2.35. The van der Waals surface area contributed by atoms with Crippen molar-refractivity contribution in [2.45, 2.75) is 94.8 Å². The van der Waals surface area contributed by atoms with Gasteiger partial charge in [-0.15, -0.1) is 0 Å². The number of hydrogen-bond donors (Lipinski definition) is 2. The molecule has 36 heavy (non-hydrogen) atoms. The van der Waals surface area contributed by atoms with Gasteiger partial charge in [0.2, 0.25) is 5.91 Å². The van der Waals surface area contributed by atoms with Crippen molar-refractivity contribution in [2.24, 2.45) is 5.92 Å². The van der Waals surface area contributed by atoms with Crippen molar-refractivity contribution in [3.05, 3.63) is 29.3 Å². The minimum absolute atomic E-state index is 0.108. The van der Waals surface area contributed by atoms with Gasteiger partial charge in [-0.2, -0.15) is 0 Å². The van der Waals surface area contributed by atoms with Crippen LogP contribution in [-0.4, -0.2) is 88.8 Å². The van der Waals surface area contributed by atoms with Crippen LogP contribution in [0.15, 0.2) is 18.2 Å². The van der Waals surface area contributed by atoms with Crippen LogP contribution >= 0.6 is 0 Å². The summed E-state index contributed by atoms with van der Waals surface area (Å²) in [6.45, 7) is 4.02. The number of fused-ring (bicyclic) bond motifs is 1. The Morgan fingerprint density at radius 3 is 2.56 bits per heavy atom. The zero-order valence-electron chi connectivity index (χ0n) is 21.4. The Bertz CT molecular complexity index is 996. The summed E-state index contributed by atoms with van der Waals surface area (Å²) in [5, 5.41) is 12.3. The summed E-state index contributed by atoms with van der Waals surface area (Å²) in [5.74, 6) is 1.23. The average molecular weight is 497 g/mol. The van der Waals surface area contributed by atoms with Gasteiger partial charge in [-0.25, -0.2) is 0 Å². The summed E-state index contributed by atoms with van der Waals surface area (Å²) in [7, 11) is 2.29. The van der Waals surface area contributed by atoms with Gasteiger partial charge in [0.1, 0.15) is 24.1 Å². The third kappa shape index (κ3) is 4.52. The van der Waals surface area contributed by atoms with Gasteiger partial charge in [-0.1, -0.05) is 12.8 Å². The lowest BCUT2D eigenvalue weighted by atomic mass is 9.81. The van der Waals surface area contributed by atoms with Crippen LogP contribution in [0.5, 0.6) is 5.75 Å². The third-order valence-electron chi connectivity index (χ3n) is 9.34. The Kier molecular flexibility index (Phi) is 6.69. The number of carbonyl (C=O) groups is 2. The van der Waals surface area contributed by atoms with E-state index >= 15 is 0 Å². The van der Waals surface area contributed by atoms with Crippen molar-refractivity contribution >= 4 is 11.8 Å². The molecule has 1 aromatic rings. The highest BCUT2D eigenvalue weighted by Gasteiger charge is 2.43. The van der Waals surface area contributed by atoms with E-state index in [1.807, 2.05) is 18.2 Å². The van der Waals surface area contributed by atoms with Crippen LogP contribution in [0, 0.1) is 5.92 Å². The van der Waals surface area contributed by atoms with E-state index in [1.54, 1.807) is 4.90 Å². The molecule has 0 radical (unpaired) electrons. The summed E-state index contributed by atoms with van der Waals surface area (Å²) in [5.41, 5.74) is 1.58. The highest BCUT2D eigenvalue weighted by molar-refractivity contribution is 6.01. The van der Waals surface area contributed by atoms with E-state index in [0.29, 0.717) is 31.0 Å². The number of piperidine rings is 2. The smallest absolute Gasteiger partial charge is 0.255 e. The maximum Gasteiger partial charge on any atom is 0.255 e. The number of carbonyl (C=O) groups excluding carboxylic acids is 2. The number of nitrogens with one attached hydrogen (secondary N) is 1. The molecule has 8 nitrogen and oxygen atoms in total. The molecule has 0 spiro atoms. The van der Waals surface area contributed by atoms with Gasteiger partial charge < -0.3 is 25.0 Å². The van der Waals surface area contributed by atoms with Crippen LogP contribution in [0.25, 0.3) is 0 Å². The number of nitrogens with zero attached hydrogens (tertiary/aromatic N) is 3.